The molecular weight excluding hydrogens is 531 g/mol. The monoisotopic (exact) mass is 566 g/mol. The number of nitrogens with one attached hydrogen (secondary N) is 1. The summed E-state index contributed by atoms with van der Waals surface area (Å²) in [5.74, 6) is 3.67. The van der Waals surface area contributed by atoms with Crippen molar-refractivity contribution in [3.05, 3.63) is 53.6 Å². The average Bonchev–Trinajstić information content (AvgIpc) is 3.62. The zero-order chi connectivity index (χ0) is 22.5. The third-order valence-electron chi connectivity index (χ3n) is 6.40. The number of hydrogen-bond donors (Lipinski definition) is 1. The molecule has 0 radical (unpaired) electrons. The van der Waals surface area contributed by atoms with Gasteiger partial charge in [-0.25, -0.2) is 0 Å². The summed E-state index contributed by atoms with van der Waals surface area (Å²) < 4.78 is 16.6. The van der Waals surface area contributed by atoms with E-state index in [1.807, 2.05) is 13.1 Å². The first-order chi connectivity index (χ1) is 15.7. The van der Waals surface area contributed by atoms with Gasteiger partial charge in [0, 0.05) is 57.3 Å². The lowest BCUT2D eigenvalue weighted by Gasteiger charge is -2.36. The van der Waals surface area contributed by atoms with Gasteiger partial charge in [0.05, 0.1) is 21.3 Å². The molecule has 0 amide bonds. The molecule has 2 aromatic rings. The van der Waals surface area contributed by atoms with Crippen LogP contribution in [0.25, 0.3) is 0 Å². The Labute approximate surface area is 214 Å². The molecule has 8 heteroatoms. The molecule has 2 aliphatic rings. The van der Waals surface area contributed by atoms with E-state index in [2.05, 4.69) is 56.5 Å². The van der Waals surface area contributed by atoms with E-state index in [9.17, 15) is 0 Å². The van der Waals surface area contributed by atoms with Gasteiger partial charge in [0.15, 0.2) is 17.5 Å². The second-order valence-corrected chi connectivity index (χ2v) is 8.31. The minimum absolute atomic E-state index is 0. The Bertz CT molecular complexity index is 933. The van der Waals surface area contributed by atoms with E-state index < -0.39 is 0 Å². The molecule has 180 valence electrons. The topological polar surface area (TPSA) is 58.6 Å². The van der Waals surface area contributed by atoms with E-state index in [-0.39, 0.29) is 24.0 Å². The molecule has 7 nitrogen and oxygen atoms in total. The maximum absolute atomic E-state index is 5.65. The van der Waals surface area contributed by atoms with E-state index >= 15 is 0 Å². The van der Waals surface area contributed by atoms with Gasteiger partial charge in [0.25, 0.3) is 0 Å². The number of aliphatic imine (C=N–C) groups is 1. The summed E-state index contributed by atoms with van der Waals surface area (Å²) in [5.41, 5.74) is 2.51. The first kappa shape index (κ1) is 25.4. The van der Waals surface area contributed by atoms with Crippen molar-refractivity contribution < 1.29 is 14.2 Å². The van der Waals surface area contributed by atoms with Crippen LogP contribution in [0.2, 0.25) is 0 Å². The van der Waals surface area contributed by atoms with Gasteiger partial charge in [-0.1, -0.05) is 36.4 Å². The van der Waals surface area contributed by atoms with Crippen LogP contribution in [-0.4, -0.2) is 76.4 Å². The van der Waals surface area contributed by atoms with Gasteiger partial charge in [0.2, 0.25) is 5.75 Å². The van der Waals surface area contributed by atoms with E-state index in [1.54, 1.807) is 21.3 Å². The Morgan fingerprint density at radius 3 is 2.24 bits per heavy atom. The number of benzene rings is 2. The van der Waals surface area contributed by atoms with Gasteiger partial charge in [0.1, 0.15) is 0 Å². The Balaban J connectivity index is 0.00000306. The first-order valence-electron chi connectivity index (χ1n) is 11.2. The van der Waals surface area contributed by atoms with Gasteiger partial charge in [-0.15, -0.1) is 24.0 Å². The third kappa shape index (κ3) is 5.84. The number of guanidine groups is 1. The fourth-order valence-electron chi connectivity index (χ4n) is 4.53. The number of hydrogen-bond acceptors (Lipinski definition) is 5. The largest absolute Gasteiger partial charge is 0.493 e. The highest BCUT2D eigenvalue weighted by molar-refractivity contribution is 14.0. The number of rotatable bonds is 7. The minimum atomic E-state index is 0. The van der Waals surface area contributed by atoms with Gasteiger partial charge < -0.3 is 24.4 Å². The summed E-state index contributed by atoms with van der Waals surface area (Å²) in [7, 11) is 6.84. The normalized spacial score (nSPS) is 20.6. The third-order valence-corrected chi connectivity index (χ3v) is 6.40. The van der Waals surface area contributed by atoms with Crippen LogP contribution in [-0.2, 0) is 6.54 Å². The van der Waals surface area contributed by atoms with Crippen molar-refractivity contribution in [3.63, 3.8) is 0 Å². The second kappa shape index (κ2) is 11.8. The van der Waals surface area contributed by atoms with Crippen molar-refractivity contribution in [2.24, 2.45) is 4.99 Å². The molecule has 1 aliphatic heterocycles. The molecule has 1 saturated heterocycles. The lowest BCUT2D eigenvalue weighted by Crippen LogP contribution is -2.52. The van der Waals surface area contributed by atoms with E-state index in [0.29, 0.717) is 23.5 Å². The van der Waals surface area contributed by atoms with Gasteiger partial charge >= 0.3 is 0 Å². The number of methoxy groups -OCH3 is 3. The molecule has 1 N–H and O–H groups in total. The Morgan fingerprint density at radius 2 is 1.64 bits per heavy atom. The molecule has 2 fully saturated rings. The van der Waals surface area contributed by atoms with Crippen LogP contribution in [0.3, 0.4) is 0 Å². The van der Waals surface area contributed by atoms with Crippen LogP contribution >= 0.6 is 24.0 Å². The molecule has 0 spiro atoms. The standard InChI is InChI=1S/C25H34N4O3.HI/c1-26-25(27-21-16-20(21)18-8-6-5-7-9-18)29-14-12-28(13-15-29)17-19-10-11-22(30-2)24(32-4)23(19)31-3;/h5-11,20-21H,12-17H2,1-4H3,(H,26,27);1H. The summed E-state index contributed by atoms with van der Waals surface area (Å²) in [5, 5.41) is 3.68. The molecule has 1 saturated carbocycles. The minimum Gasteiger partial charge on any atom is -0.493 e. The molecule has 4 rings (SSSR count). The van der Waals surface area contributed by atoms with Crippen molar-refractivity contribution in [3.8, 4) is 17.2 Å². The van der Waals surface area contributed by atoms with Crippen molar-refractivity contribution in [1.82, 2.24) is 15.1 Å². The fourth-order valence-corrected chi connectivity index (χ4v) is 4.53. The maximum Gasteiger partial charge on any atom is 0.203 e. The molecule has 0 aromatic heterocycles. The summed E-state index contributed by atoms with van der Waals surface area (Å²) >= 11 is 0. The Kier molecular flexibility index (Phi) is 9.08. The fraction of sp³-hybridized carbons (Fsp3) is 0.480. The first-order valence-corrected chi connectivity index (χ1v) is 11.2. The zero-order valence-electron chi connectivity index (χ0n) is 19.9. The van der Waals surface area contributed by atoms with Gasteiger partial charge in [-0.05, 0) is 18.1 Å². The smallest absolute Gasteiger partial charge is 0.203 e. The highest BCUT2D eigenvalue weighted by Crippen LogP contribution is 2.41. The van der Waals surface area contributed by atoms with Crippen LogP contribution in [0.15, 0.2) is 47.5 Å². The van der Waals surface area contributed by atoms with Crippen LogP contribution < -0.4 is 19.5 Å². The molecule has 0 bridgehead atoms. The van der Waals surface area contributed by atoms with Crippen LogP contribution in [0.4, 0.5) is 0 Å². The van der Waals surface area contributed by atoms with Crippen molar-refractivity contribution in [2.45, 2.75) is 24.9 Å². The molecule has 1 aliphatic carbocycles. The summed E-state index contributed by atoms with van der Waals surface area (Å²) in [4.78, 5) is 9.37. The van der Waals surface area contributed by atoms with Crippen molar-refractivity contribution in [2.75, 3.05) is 54.6 Å². The van der Waals surface area contributed by atoms with Crippen LogP contribution in [0.5, 0.6) is 17.2 Å². The summed E-state index contributed by atoms with van der Waals surface area (Å²) in [6.45, 7) is 4.62. The molecule has 33 heavy (non-hydrogen) atoms. The van der Waals surface area contributed by atoms with E-state index in [1.165, 1.54) is 12.0 Å². The number of nitrogens with zero attached hydrogens (tertiary/aromatic N) is 3. The van der Waals surface area contributed by atoms with E-state index in [4.69, 9.17) is 14.2 Å². The molecule has 2 aromatic carbocycles. The quantitative estimate of drug-likeness (QED) is 0.314. The number of halogens is 1. The SMILES string of the molecule is CN=C(NC1CC1c1ccccc1)N1CCN(Cc2ccc(OC)c(OC)c2OC)CC1.I. The van der Waals surface area contributed by atoms with Gasteiger partial charge in [-0.2, -0.15) is 0 Å². The Hall–Kier alpha value is -2.20. The summed E-state index contributed by atoms with van der Waals surface area (Å²) in [6, 6.07) is 15.2. The Morgan fingerprint density at radius 1 is 0.939 bits per heavy atom. The van der Waals surface area contributed by atoms with E-state index in [0.717, 1.165) is 50.0 Å². The molecule has 2 atom stereocenters. The predicted octanol–water partition coefficient (Wildman–Crippen LogP) is 3.58. The van der Waals surface area contributed by atoms with Crippen LogP contribution in [0, 0.1) is 0 Å². The molecule has 1 heterocycles. The average molecular weight is 566 g/mol. The highest BCUT2D eigenvalue weighted by Gasteiger charge is 2.39. The molecular formula is C25H35IN4O3. The second-order valence-electron chi connectivity index (χ2n) is 8.31. The van der Waals surface area contributed by atoms with Gasteiger partial charge in [-0.3, -0.25) is 9.89 Å². The highest BCUT2D eigenvalue weighted by atomic mass is 127. The van der Waals surface area contributed by atoms with Crippen molar-refractivity contribution in [1.29, 1.82) is 0 Å². The lowest BCUT2D eigenvalue weighted by atomic mass is 10.1. The lowest BCUT2D eigenvalue weighted by molar-refractivity contribution is 0.170. The number of ether oxygens (including phenoxy) is 3. The summed E-state index contributed by atoms with van der Waals surface area (Å²) in [6.07, 6.45) is 1.17. The molecule has 2 unspecified atom stereocenters. The zero-order valence-corrected chi connectivity index (χ0v) is 22.2. The maximum atomic E-state index is 5.65. The predicted molar refractivity (Wildman–Crippen MR) is 142 cm³/mol. The van der Waals surface area contributed by atoms with Crippen LogP contribution in [0.1, 0.15) is 23.5 Å². The van der Waals surface area contributed by atoms with Crippen molar-refractivity contribution >= 4 is 29.9 Å². The number of piperazine rings is 1.